The number of fused-ring (bicyclic) bond motifs is 3. The number of benzene rings is 2. The second-order valence-electron chi connectivity index (χ2n) is 10.5. The van der Waals surface area contributed by atoms with Crippen molar-refractivity contribution in [3.05, 3.63) is 41.5 Å². The van der Waals surface area contributed by atoms with E-state index in [9.17, 15) is 23.1 Å². The SMILES string of the molecule is CC1CCC(Oc2ccc3cc(CN4C5COCC4CC(C(=O)O)C5)ccc3c2C(F)(F)F)CC1. The van der Waals surface area contributed by atoms with Gasteiger partial charge in [0.05, 0.1) is 25.2 Å². The van der Waals surface area contributed by atoms with Gasteiger partial charge >= 0.3 is 12.1 Å². The molecule has 3 fully saturated rings. The van der Waals surface area contributed by atoms with Gasteiger partial charge in [0, 0.05) is 18.6 Å². The van der Waals surface area contributed by atoms with Crippen LogP contribution in [0.5, 0.6) is 5.75 Å². The minimum atomic E-state index is -4.52. The number of carbonyl (C=O) groups is 1. The van der Waals surface area contributed by atoms with E-state index in [1.165, 1.54) is 6.07 Å². The predicted molar refractivity (Wildman–Crippen MR) is 125 cm³/mol. The number of aliphatic carboxylic acids is 1. The fourth-order valence-electron chi connectivity index (χ4n) is 6.04. The number of hydrogen-bond acceptors (Lipinski definition) is 4. The van der Waals surface area contributed by atoms with Gasteiger partial charge in [-0.2, -0.15) is 13.2 Å². The summed E-state index contributed by atoms with van der Waals surface area (Å²) in [5, 5.41) is 10.1. The van der Waals surface area contributed by atoms with Crippen LogP contribution < -0.4 is 4.74 Å². The monoisotopic (exact) mass is 491 g/mol. The summed E-state index contributed by atoms with van der Waals surface area (Å²) in [6, 6.07) is 8.31. The lowest BCUT2D eigenvalue weighted by atomic mass is 9.84. The standard InChI is InChI=1S/C27H32F3NO4/c1-16-2-6-22(7-3-16)35-24-9-5-18-10-17(4-8-23(18)25(24)27(28,29)30)13-31-20-11-19(26(32)33)12-21(31)15-34-14-20/h4-5,8-10,16,19-22H,2-3,6-7,11-15H2,1H3,(H,32,33). The third-order valence-electron chi connectivity index (χ3n) is 7.97. The van der Waals surface area contributed by atoms with E-state index in [4.69, 9.17) is 9.47 Å². The molecule has 0 radical (unpaired) electrons. The van der Waals surface area contributed by atoms with E-state index in [-0.39, 0.29) is 35.2 Å². The topological polar surface area (TPSA) is 59.0 Å². The molecule has 2 aliphatic heterocycles. The first-order valence-electron chi connectivity index (χ1n) is 12.5. The number of rotatable bonds is 5. The number of morpholine rings is 1. The number of nitrogens with zero attached hydrogens (tertiary/aromatic N) is 1. The maximum absolute atomic E-state index is 14.2. The van der Waals surface area contributed by atoms with Gasteiger partial charge in [0.1, 0.15) is 11.3 Å². The van der Waals surface area contributed by atoms with Gasteiger partial charge in [-0.05, 0) is 72.9 Å². The molecule has 190 valence electrons. The highest BCUT2D eigenvalue weighted by atomic mass is 19.4. The van der Waals surface area contributed by atoms with Crippen LogP contribution in [0, 0.1) is 11.8 Å². The smallest absolute Gasteiger partial charge is 0.420 e. The van der Waals surface area contributed by atoms with Gasteiger partial charge in [0.15, 0.2) is 0 Å². The number of ether oxygens (including phenoxy) is 2. The third-order valence-corrected chi connectivity index (χ3v) is 7.97. The van der Waals surface area contributed by atoms with Crippen LogP contribution >= 0.6 is 0 Å². The van der Waals surface area contributed by atoms with Gasteiger partial charge in [-0.1, -0.05) is 25.1 Å². The van der Waals surface area contributed by atoms with Crippen LogP contribution in [0.4, 0.5) is 13.2 Å². The van der Waals surface area contributed by atoms with E-state index in [1.807, 2.05) is 6.07 Å². The highest BCUT2D eigenvalue weighted by Gasteiger charge is 2.41. The Morgan fingerprint density at radius 1 is 1.09 bits per heavy atom. The molecule has 2 heterocycles. The normalized spacial score (nSPS) is 29.8. The van der Waals surface area contributed by atoms with Crippen molar-refractivity contribution in [2.24, 2.45) is 11.8 Å². The molecular weight excluding hydrogens is 459 g/mol. The average Bonchev–Trinajstić information content (AvgIpc) is 2.79. The number of piperidine rings is 1. The van der Waals surface area contributed by atoms with Gasteiger partial charge in [-0.3, -0.25) is 9.69 Å². The highest BCUT2D eigenvalue weighted by Crippen LogP contribution is 2.43. The molecule has 0 amide bonds. The Bertz CT molecular complexity index is 1070. The Hall–Kier alpha value is -2.32. The second kappa shape index (κ2) is 9.62. The average molecular weight is 492 g/mol. The molecule has 1 N–H and O–H groups in total. The van der Waals surface area contributed by atoms with Crippen molar-refractivity contribution in [1.82, 2.24) is 4.90 Å². The maximum Gasteiger partial charge on any atom is 0.420 e. The zero-order valence-electron chi connectivity index (χ0n) is 19.9. The number of carboxylic acids is 1. The van der Waals surface area contributed by atoms with E-state index in [0.717, 1.165) is 31.2 Å². The van der Waals surface area contributed by atoms with Gasteiger partial charge in [0.2, 0.25) is 0 Å². The Morgan fingerprint density at radius 2 is 1.77 bits per heavy atom. The number of halogens is 3. The molecule has 0 spiro atoms. The number of hydrogen-bond donors (Lipinski definition) is 1. The largest absolute Gasteiger partial charge is 0.490 e. The zero-order chi connectivity index (χ0) is 24.7. The first kappa shape index (κ1) is 24.4. The number of carboxylic acid groups (broad SMARTS) is 1. The van der Waals surface area contributed by atoms with Crippen LogP contribution in [-0.2, 0) is 22.3 Å². The first-order valence-corrected chi connectivity index (χ1v) is 12.5. The lowest BCUT2D eigenvalue weighted by Gasteiger charge is -2.47. The van der Waals surface area contributed by atoms with Crippen LogP contribution in [0.2, 0.25) is 0 Å². The molecule has 8 heteroatoms. The van der Waals surface area contributed by atoms with Crippen molar-refractivity contribution in [2.75, 3.05) is 13.2 Å². The molecule has 2 unspecified atom stereocenters. The fraction of sp³-hybridized carbons (Fsp3) is 0.593. The predicted octanol–water partition coefficient (Wildman–Crippen LogP) is 5.88. The van der Waals surface area contributed by atoms with E-state index in [2.05, 4.69) is 11.8 Å². The van der Waals surface area contributed by atoms with E-state index < -0.39 is 17.7 Å². The molecule has 1 saturated carbocycles. The summed E-state index contributed by atoms with van der Waals surface area (Å²) in [5.74, 6) is -0.637. The summed E-state index contributed by atoms with van der Waals surface area (Å²) in [4.78, 5) is 13.8. The maximum atomic E-state index is 14.2. The molecular formula is C27H32F3NO4. The summed E-state index contributed by atoms with van der Waals surface area (Å²) in [6.45, 7) is 3.68. The Balaban J connectivity index is 1.40. The van der Waals surface area contributed by atoms with Crippen molar-refractivity contribution in [1.29, 1.82) is 0 Å². The van der Waals surface area contributed by atoms with Crippen LogP contribution in [0.3, 0.4) is 0 Å². The molecule has 3 aliphatic rings. The van der Waals surface area contributed by atoms with E-state index >= 15 is 0 Å². The number of alkyl halides is 3. The molecule has 2 bridgehead atoms. The van der Waals surface area contributed by atoms with Crippen molar-refractivity contribution in [2.45, 2.75) is 76.4 Å². The minimum absolute atomic E-state index is 0.000907. The molecule has 2 aromatic carbocycles. The van der Waals surface area contributed by atoms with Crippen LogP contribution in [0.1, 0.15) is 56.6 Å². The van der Waals surface area contributed by atoms with Crippen LogP contribution in [0.15, 0.2) is 30.3 Å². The lowest BCUT2D eigenvalue weighted by molar-refractivity contribution is -0.151. The van der Waals surface area contributed by atoms with Crippen molar-refractivity contribution < 1.29 is 32.5 Å². The van der Waals surface area contributed by atoms with Gasteiger partial charge in [-0.25, -0.2) is 0 Å². The van der Waals surface area contributed by atoms with Gasteiger partial charge < -0.3 is 14.6 Å². The second-order valence-corrected chi connectivity index (χ2v) is 10.5. The Kier molecular flexibility index (Phi) is 6.70. The molecule has 5 nitrogen and oxygen atoms in total. The summed E-state index contributed by atoms with van der Waals surface area (Å²) in [7, 11) is 0. The Labute approximate surface area is 203 Å². The van der Waals surface area contributed by atoms with Crippen LogP contribution in [-0.4, -0.2) is 47.4 Å². The van der Waals surface area contributed by atoms with E-state index in [1.54, 1.807) is 18.2 Å². The minimum Gasteiger partial charge on any atom is -0.490 e. The summed E-state index contributed by atoms with van der Waals surface area (Å²) in [5.41, 5.74) is 0.207. The molecule has 2 atom stereocenters. The zero-order valence-corrected chi connectivity index (χ0v) is 19.9. The molecule has 5 rings (SSSR count). The van der Waals surface area contributed by atoms with Gasteiger partial charge in [-0.15, -0.1) is 0 Å². The van der Waals surface area contributed by atoms with E-state index in [0.29, 0.717) is 43.9 Å². The fourth-order valence-corrected chi connectivity index (χ4v) is 6.04. The summed E-state index contributed by atoms with van der Waals surface area (Å²) >= 11 is 0. The highest BCUT2D eigenvalue weighted by molar-refractivity contribution is 5.89. The van der Waals surface area contributed by atoms with Gasteiger partial charge in [0.25, 0.3) is 0 Å². The van der Waals surface area contributed by atoms with Crippen molar-refractivity contribution in [3.63, 3.8) is 0 Å². The molecule has 1 aliphatic carbocycles. The molecule has 2 aromatic rings. The van der Waals surface area contributed by atoms with Crippen molar-refractivity contribution >= 4 is 16.7 Å². The quantitative estimate of drug-likeness (QED) is 0.566. The summed E-state index contributed by atoms with van der Waals surface area (Å²) < 4.78 is 54.1. The molecule has 35 heavy (non-hydrogen) atoms. The Morgan fingerprint density at radius 3 is 2.40 bits per heavy atom. The third kappa shape index (κ3) is 5.14. The summed E-state index contributed by atoms with van der Waals surface area (Å²) in [6.07, 6.45) is -0.152. The van der Waals surface area contributed by atoms with Crippen molar-refractivity contribution in [3.8, 4) is 5.75 Å². The lowest BCUT2D eigenvalue weighted by Crippen LogP contribution is -2.57. The first-order chi connectivity index (χ1) is 16.7. The van der Waals surface area contributed by atoms with Crippen LogP contribution in [0.25, 0.3) is 10.8 Å². The molecule has 2 saturated heterocycles. The molecule has 0 aromatic heterocycles.